The van der Waals surface area contributed by atoms with Gasteiger partial charge in [0, 0.05) is 18.2 Å². The van der Waals surface area contributed by atoms with Crippen molar-refractivity contribution in [3.63, 3.8) is 0 Å². The number of carbonyl (C=O) groups is 2. The second-order valence-corrected chi connectivity index (χ2v) is 5.04. The molecular weight excluding hydrogens is 306 g/mol. The van der Waals surface area contributed by atoms with Gasteiger partial charge in [-0.25, -0.2) is 0 Å². The van der Waals surface area contributed by atoms with Crippen LogP contribution in [0, 0.1) is 0 Å². The molecule has 0 aliphatic rings. The standard InChI is InChI=1S/C19H19NO4/c1-13(21)19-16(11-15(23-2)12-17(19)24-3)20-18(22)10-9-14-7-5-4-6-8-14/h4-12H,1-3H3,(H,20,22)/b10-9+. The van der Waals surface area contributed by atoms with Crippen LogP contribution >= 0.6 is 0 Å². The normalized spacial score (nSPS) is 10.5. The number of carbonyl (C=O) groups excluding carboxylic acids is 2. The van der Waals surface area contributed by atoms with E-state index in [1.54, 1.807) is 18.2 Å². The first-order valence-corrected chi connectivity index (χ1v) is 7.36. The quantitative estimate of drug-likeness (QED) is 0.651. The minimum Gasteiger partial charge on any atom is -0.497 e. The molecule has 0 spiro atoms. The zero-order chi connectivity index (χ0) is 17.5. The average Bonchev–Trinajstić information content (AvgIpc) is 2.59. The molecule has 0 saturated carbocycles. The van der Waals surface area contributed by atoms with Crippen molar-refractivity contribution in [1.29, 1.82) is 0 Å². The zero-order valence-electron chi connectivity index (χ0n) is 13.8. The summed E-state index contributed by atoms with van der Waals surface area (Å²) >= 11 is 0. The number of nitrogens with one attached hydrogen (secondary N) is 1. The number of hydrogen-bond donors (Lipinski definition) is 1. The van der Waals surface area contributed by atoms with E-state index in [-0.39, 0.29) is 11.7 Å². The molecule has 0 saturated heterocycles. The Morgan fingerprint density at radius 2 is 1.75 bits per heavy atom. The topological polar surface area (TPSA) is 64.6 Å². The van der Waals surface area contributed by atoms with E-state index in [1.165, 1.54) is 27.2 Å². The molecule has 0 aliphatic carbocycles. The summed E-state index contributed by atoms with van der Waals surface area (Å²) in [5.41, 5.74) is 1.56. The van der Waals surface area contributed by atoms with Gasteiger partial charge >= 0.3 is 0 Å². The fraction of sp³-hybridized carbons (Fsp3) is 0.158. The van der Waals surface area contributed by atoms with Crippen molar-refractivity contribution in [3.8, 4) is 11.5 Å². The van der Waals surface area contributed by atoms with Crippen molar-refractivity contribution < 1.29 is 19.1 Å². The van der Waals surface area contributed by atoms with E-state index in [1.807, 2.05) is 30.3 Å². The van der Waals surface area contributed by atoms with Crippen LogP contribution in [0.25, 0.3) is 6.08 Å². The summed E-state index contributed by atoms with van der Waals surface area (Å²) in [5.74, 6) is 0.275. The highest BCUT2D eigenvalue weighted by atomic mass is 16.5. The van der Waals surface area contributed by atoms with Crippen LogP contribution in [0.1, 0.15) is 22.8 Å². The van der Waals surface area contributed by atoms with Crippen LogP contribution in [0.4, 0.5) is 5.69 Å². The molecule has 124 valence electrons. The minimum absolute atomic E-state index is 0.211. The zero-order valence-corrected chi connectivity index (χ0v) is 13.8. The predicted molar refractivity (Wildman–Crippen MR) is 93.7 cm³/mol. The van der Waals surface area contributed by atoms with E-state index < -0.39 is 0 Å². The van der Waals surface area contributed by atoms with E-state index in [4.69, 9.17) is 9.47 Å². The van der Waals surface area contributed by atoms with E-state index >= 15 is 0 Å². The van der Waals surface area contributed by atoms with Gasteiger partial charge in [-0.15, -0.1) is 0 Å². The van der Waals surface area contributed by atoms with Crippen molar-refractivity contribution in [2.75, 3.05) is 19.5 Å². The number of benzene rings is 2. The molecule has 1 N–H and O–H groups in total. The SMILES string of the molecule is COc1cc(NC(=O)/C=C/c2ccccc2)c(C(C)=O)c(OC)c1. The third kappa shape index (κ3) is 4.23. The van der Waals surface area contributed by atoms with Gasteiger partial charge in [-0.1, -0.05) is 30.3 Å². The number of rotatable bonds is 6. The molecular formula is C19H19NO4. The van der Waals surface area contributed by atoms with E-state index in [0.29, 0.717) is 22.7 Å². The van der Waals surface area contributed by atoms with Crippen LogP contribution in [-0.4, -0.2) is 25.9 Å². The van der Waals surface area contributed by atoms with Gasteiger partial charge in [0.2, 0.25) is 5.91 Å². The molecule has 0 bridgehead atoms. The lowest BCUT2D eigenvalue weighted by atomic mass is 10.1. The lowest BCUT2D eigenvalue weighted by Crippen LogP contribution is -2.12. The molecule has 24 heavy (non-hydrogen) atoms. The molecule has 0 atom stereocenters. The second-order valence-electron chi connectivity index (χ2n) is 5.04. The molecule has 0 heterocycles. The highest BCUT2D eigenvalue weighted by Gasteiger charge is 2.17. The average molecular weight is 325 g/mol. The van der Waals surface area contributed by atoms with Gasteiger partial charge in [0.25, 0.3) is 0 Å². The number of hydrogen-bond acceptors (Lipinski definition) is 4. The van der Waals surface area contributed by atoms with Crippen LogP contribution in [0.15, 0.2) is 48.5 Å². The maximum atomic E-state index is 12.2. The Bertz CT molecular complexity index is 766. The maximum Gasteiger partial charge on any atom is 0.248 e. The number of ketones is 1. The largest absolute Gasteiger partial charge is 0.497 e. The number of ether oxygens (including phenoxy) is 2. The third-order valence-corrected chi connectivity index (χ3v) is 3.37. The Balaban J connectivity index is 2.29. The maximum absolute atomic E-state index is 12.2. The first-order chi connectivity index (χ1) is 11.5. The van der Waals surface area contributed by atoms with Gasteiger partial charge < -0.3 is 14.8 Å². The van der Waals surface area contributed by atoms with E-state index in [0.717, 1.165) is 5.56 Å². The molecule has 2 rings (SSSR count). The summed E-state index contributed by atoms with van der Waals surface area (Å²) < 4.78 is 10.4. The number of Topliss-reactive ketones (excluding diaryl/α,β-unsaturated/α-hetero) is 1. The molecule has 2 aromatic rings. The predicted octanol–water partition coefficient (Wildman–Crippen LogP) is 3.56. The van der Waals surface area contributed by atoms with Crippen LogP contribution in [0.5, 0.6) is 11.5 Å². The van der Waals surface area contributed by atoms with Gasteiger partial charge in [0.15, 0.2) is 5.78 Å². The Labute approximate surface area is 140 Å². The van der Waals surface area contributed by atoms with Crippen molar-refractivity contribution in [2.45, 2.75) is 6.92 Å². The molecule has 0 radical (unpaired) electrons. The lowest BCUT2D eigenvalue weighted by molar-refractivity contribution is -0.111. The summed E-state index contributed by atoms with van der Waals surface area (Å²) in [6, 6.07) is 12.6. The molecule has 1 amide bonds. The Hall–Kier alpha value is -3.08. The van der Waals surface area contributed by atoms with E-state index in [9.17, 15) is 9.59 Å². The summed E-state index contributed by atoms with van der Waals surface area (Å²) in [4.78, 5) is 24.1. The highest BCUT2D eigenvalue weighted by molar-refractivity contribution is 6.09. The molecule has 0 aromatic heterocycles. The molecule has 2 aromatic carbocycles. The Morgan fingerprint density at radius 3 is 2.33 bits per heavy atom. The second kappa shape index (κ2) is 7.97. The van der Waals surface area contributed by atoms with Crippen LogP contribution in [0.3, 0.4) is 0 Å². The fourth-order valence-electron chi connectivity index (χ4n) is 2.24. The Morgan fingerprint density at radius 1 is 1.04 bits per heavy atom. The molecule has 5 nitrogen and oxygen atoms in total. The number of methoxy groups -OCH3 is 2. The highest BCUT2D eigenvalue weighted by Crippen LogP contribution is 2.32. The lowest BCUT2D eigenvalue weighted by Gasteiger charge is -2.14. The summed E-state index contributed by atoms with van der Waals surface area (Å²) in [6.45, 7) is 1.42. The summed E-state index contributed by atoms with van der Waals surface area (Å²) in [7, 11) is 2.96. The number of anilines is 1. The molecule has 0 aliphatic heterocycles. The van der Waals surface area contributed by atoms with Gasteiger partial charge in [-0.2, -0.15) is 0 Å². The molecule has 0 unspecified atom stereocenters. The number of amides is 1. The monoisotopic (exact) mass is 325 g/mol. The van der Waals surface area contributed by atoms with Crippen molar-refractivity contribution >= 4 is 23.5 Å². The van der Waals surface area contributed by atoms with Crippen molar-refractivity contribution in [3.05, 3.63) is 59.7 Å². The molecule has 0 fully saturated rings. The fourth-order valence-corrected chi connectivity index (χ4v) is 2.24. The van der Waals surface area contributed by atoms with Crippen LogP contribution in [-0.2, 0) is 4.79 Å². The smallest absolute Gasteiger partial charge is 0.248 e. The Kier molecular flexibility index (Phi) is 5.73. The van der Waals surface area contributed by atoms with Gasteiger partial charge in [-0.3, -0.25) is 9.59 Å². The van der Waals surface area contributed by atoms with E-state index in [2.05, 4.69) is 5.32 Å². The molecule has 5 heteroatoms. The first-order valence-electron chi connectivity index (χ1n) is 7.36. The summed E-state index contributed by atoms with van der Waals surface area (Å²) in [5, 5.41) is 2.70. The van der Waals surface area contributed by atoms with Crippen molar-refractivity contribution in [2.24, 2.45) is 0 Å². The van der Waals surface area contributed by atoms with Crippen LogP contribution in [0.2, 0.25) is 0 Å². The minimum atomic E-state index is -0.350. The first kappa shape index (κ1) is 17.3. The summed E-state index contributed by atoms with van der Waals surface area (Å²) in [6.07, 6.45) is 3.10. The van der Waals surface area contributed by atoms with Gasteiger partial charge in [0.1, 0.15) is 11.5 Å². The van der Waals surface area contributed by atoms with Crippen LogP contribution < -0.4 is 14.8 Å². The van der Waals surface area contributed by atoms with Gasteiger partial charge in [-0.05, 0) is 18.6 Å². The third-order valence-electron chi connectivity index (χ3n) is 3.37. The van der Waals surface area contributed by atoms with Crippen molar-refractivity contribution in [1.82, 2.24) is 0 Å². The van der Waals surface area contributed by atoms with Gasteiger partial charge in [0.05, 0.1) is 25.5 Å².